The minimum atomic E-state index is -1.54. The topological polar surface area (TPSA) is 73.9 Å². The van der Waals surface area contributed by atoms with Gasteiger partial charge in [-0.3, -0.25) is 4.79 Å². The van der Waals surface area contributed by atoms with Crippen LogP contribution in [0.15, 0.2) is 72.3 Å². The maximum Gasteiger partial charge on any atom is 0.196 e. The maximum absolute atomic E-state index is 13.2. The molecular weight excluding hydrogens is 420 g/mol. The Kier molecular flexibility index (Phi) is 4.64. The highest BCUT2D eigenvalue weighted by Crippen LogP contribution is 2.53. The minimum Gasteiger partial charge on any atom is -0.484 e. The van der Waals surface area contributed by atoms with E-state index in [0.29, 0.717) is 16.9 Å². The van der Waals surface area contributed by atoms with E-state index >= 15 is 0 Å². The van der Waals surface area contributed by atoms with Crippen LogP contribution in [0.1, 0.15) is 56.3 Å². The average molecular weight is 443 g/mol. The van der Waals surface area contributed by atoms with Gasteiger partial charge in [0.2, 0.25) is 0 Å². The molecule has 4 heteroatoms. The van der Waals surface area contributed by atoms with Crippen LogP contribution in [0.25, 0.3) is 5.76 Å². The Balaban J connectivity index is 1.46. The summed E-state index contributed by atoms with van der Waals surface area (Å²) in [7, 11) is 0. The molecule has 1 aliphatic heterocycles. The molecule has 5 aliphatic carbocycles. The number of Topliss-reactive ketones (excluding diaryl/α,β-unsaturated/α-hetero) is 1. The quantitative estimate of drug-likeness (QED) is 0.486. The first-order chi connectivity index (χ1) is 16.6. The number of carbonyl (C=O) groups excluding carboxylic acids is 1. The van der Waals surface area contributed by atoms with E-state index in [2.05, 4.69) is 54.6 Å². The molecule has 0 fully saturated rings. The highest BCUT2D eigenvalue weighted by atomic mass is 16.5. The lowest BCUT2D eigenvalue weighted by Crippen LogP contribution is -2.31. The number of nitrogens with zero attached hydrogens (tertiary/aromatic N) is 2. The van der Waals surface area contributed by atoms with Crippen LogP contribution in [0.2, 0.25) is 0 Å². The third kappa shape index (κ3) is 3.07. The number of carbonyl (C=O) groups is 1. The fourth-order valence-corrected chi connectivity index (χ4v) is 5.49. The molecule has 34 heavy (non-hydrogen) atoms. The van der Waals surface area contributed by atoms with E-state index in [9.17, 15) is 15.3 Å². The highest BCUT2D eigenvalue weighted by Gasteiger charge is 2.52. The molecule has 164 valence electrons. The van der Waals surface area contributed by atoms with Crippen LogP contribution < -0.4 is 0 Å². The molecule has 0 N–H and O–H groups in total. The molecule has 0 saturated carbocycles. The molecule has 9 rings (SSSR count). The first-order valence-electron chi connectivity index (χ1n) is 11.7. The second-order valence-corrected chi connectivity index (χ2v) is 9.37. The summed E-state index contributed by atoms with van der Waals surface area (Å²) in [5, 5.41) is 20.3. The van der Waals surface area contributed by atoms with Crippen molar-refractivity contribution in [3.63, 3.8) is 0 Å². The van der Waals surface area contributed by atoms with Gasteiger partial charge in [0, 0.05) is 17.5 Å². The maximum atomic E-state index is 13.2. The van der Waals surface area contributed by atoms with Gasteiger partial charge < -0.3 is 4.74 Å². The largest absolute Gasteiger partial charge is 0.484 e. The zero-order chi connectivity index (χ0) is 23.3. The first kappa shape index (κ1) is 20.5. The number of nitriles is 2. The lowest BCUT2D eigenvalue weighted by atomic mass is 9.73. The summed E-state index contributed by atoms with van der Waals surface area (Å²) >= 11 is 0. The van der Waals surface area contributed by atoms with E-state index in [1.54, 1.807) is 12.1 Å². The number of benzene rings is 3. The standard InChI is InChI=1S/C30H22N2O2/c31-17-30(18-32)16-26(34-29-24-4-2-1-3-23(24)28(33)27(29)30)25-15-21-10-9-19-5-7-20(8-6-19)11-13-22(25)14-12-21/h1-8,12,14-15,26H,9-11,13,16H2. The van der Waals surface area contributed by atoms with Gasteiger partial charge in [0.25, 0.3) is 0 Å². The molecule has 3 aromatic rings. The summed E-state index contributed by atoms with van der Waals surface area (Å²) in [6.45, 7) is 0. The molecule has 4 nitrogen and oxygen atoms in total. The summed E-state index contributed by atoms with van der Waals surface area (Å²) in [4.78, 5) is 13.2. The van der Waals surface area contributed by atoms with Crippen LogP contribution >= 0.6 is 0 Å². The number of rotatable bonds is 1. The summed E-state index contributed by atoms with van der Waals surface area (Å²) in [5.74, 6) is 0.124. The van der Waals surface area contributed by atoms with Crippen molar-refractivity contribution in [3.8, 4) is 12.1 Å². The van der Waals surface area contributed by atoms with Gasteiger partial charge in [-0.2, -0.15) is 10.5 Å². The van der Waals surface area contributed by atoms with E-state index in [-0.39, 0.29) is 17.8 Å². The third-order valence-electron chi connectivity index (χ3n) is 7.40. The molecule has 0 aromatic heterocycles. The van der Waals surface area contributed by atoms with E-state index in [0.717, 1.165) is 36.8 Å². The van der Waals surface area contributed by atoms with Crippen LogP contribution in [-0.2, 0) is 30.4 Å². The van der Waals surface area contributed by atoms with Gasteiger partial charge >= 0.3 is 0 Å². The van der Waals surface area contributed by atoms with Gasteiger partial charge in [-0.15, -0.1) is 0 Å². The average Bonchev–Trinajstić information content (AvgIpc) is 3.17. The van der Waals surface area contributed by atoms with Crippen LogP contribution in [-0.4, -0.2) is 5.78 Å². The minimum absolute atomic E-state index is 0.142. The van der Waals surface area contributed by atoms with E-state index in [1.807, 2.05) is 12.1 Å². The van der Waals surface area contributed by atoms with Crippen molar-refractivity contribution in [1.82, 2.24) is 0 Å². The number of hydrogen-bond acceptors (Lipinski definition) is 4. The molecule has 0 amide bonds. The van der Waals surface area contributed by atoms with Crippen molar-refractivity contribution in [1.29, 1.82) is 10.5 Å². The fraction of sp³-hybridized carbons (Fsp3) is 0.233. The Hall–Kier alpha value is -4.15. The van der Waals surface area contributed by atoms with E-state index in [4.69, 9.17) is 4.74 Å². The van der Waals surface area contributed by atoms with Gasteiger partial charge in [0.1, 0.15) is 11.9 Å². The smallest absolute Gasteiger partial charge is 0.196 e. The normalized spacial score (nSPS) is 19.8. The Bertz CT molecular complexity index is 1440. The predicted molar refractivity (Wildman–Crippen MR) is 127 cm³/mol. The van der Waals surface area contributed by atoms with Crippen molar-refractivity contribution in [2.75, 3.05) is 0 Å². The second-order valence-electron chi connectivity index (χ2n) is 9.37. The van der Waals surface area contributed by atoms with Gasteiger partial charge in [0.05, 0.1) is 17.7 Å². The van der Waals surface area contributed by atoms with E-state index in [1.165, 1.54) is 16.7 Å². The molecule has 1 heterocycles. The van der Waals surface area contributed by atoms with Gasteiger partial charge in [0.15, 0.2) is 11.2 Å². The molecule has 3 aromatic carbocycles. The Morgan fingerprint density at radius 3 is 2.12 bits per heavy atom. The molecular formula is C30H22N2O2. The first-order valence-corrected chi connectivity index (χ1v) is 11.7. The third-order valence-corrected chi connectivity index (χ3v) is 7.40. The molecule has 0 spiro atoms. The summed E-state index contributed by atoms with van der Waals surface area (Å²) in [6.07, 6.45) is 3.25. The van der Waals surface area contributed by atoms with Gasteiger partial charge in [-0.25, -0.2) is 0 Å². The predicted octanol–water partition coefficient (Wildman–Crippen LogP) is 5.67. The number of ketones is 1. The molecule has 0 saturated heterocycles. The highest BCUT2D eigenvalue weighted by molar-refractivity contribution is 6.21. The zero-order valence-corrected chi connectivity index (χ0v) is 18.7. The Morgan fingerprint density at radius 1 is 0.794 bits per heavy atom. The van der Waals surface area contributed by atoms with Crippen molar-refractivity contribution < 1.29 is 9.53 Å². The molecule has 4 bridgehead atoms. The van der Waals surface area contributed by atoms with E-state index < -0.39 is 11.5 Å². The summed E-state index contributed by atoms with van der Waals surface area (Å²) in [5.41, 5.74) is 5.81. The summed E-state index contributed by atoms with van der Waals surface area (Å²) in [6, 6.07) is 27.0. The monoisotopic (exact) mass is 442 g/mol. The zero-order valence-electron chi connectivity index (χ0n) is 18.7. The lowest BCUT2D eigenvalue weighted by Gasteiger charge is -2.34. The number of allylic oxidation sites excluding steroid dienone is 1. The molecule has 1 unspecified atom stereocenters. The van der Waals surface area contributed by atoms with Crippen LogP contribution in [0.5, 0.6) is 0 Å². The molecule has 0 radical (unpaired) electrons. The molecule has 1 atom stereocenters. The SMILES string of the molecule is N#CC1(C#N)CC(c2cc3ccc2CCc2ccc(cc2)CC3)OC2=C1C(=O)c1ccccc12. The number of ether oxygens (including phenoxy) is 1. The van der Waals surface area contributed by atoms with Crippen LogP contribution in [0.3, 0.4) is 0 Å². The fourth-order valence-electron chi connectivity index (χ4n) is 5.49. The van der Waals surface area contributed by atoms with Crippen LogP contribution in [0.4, 0.5) is 0 Å². The van der Waals surface area contributed by atoms with Crippen molar-refractivity contribution in [2.24, 2.45) is 5.41 Å². The van der Waals surface area contributed by atoms with Gasteiger partial charge in [-0.1, -0.05) is 66.7 Å². The van der Waals surface area contributed by atoms with Crippen molar-refractivity contribution in [2.45, 2.75) is 38.2 Å². The van der Waals surface area contributed by atoms with Crippen LogP contribution in [0, 0.1) is 28.1 Å². The Morgan fingerprint density at radius 2 is 1.41 bits per heavy atom. The van der Waals surface area contributed by atoms with Gasteiger partial charge in [-0.05, 0) is 53.5 Å². The molecule has 6 aliphatic rings. The number of aryl methyl sites for hydroxylation is 4. The number of fused-ring (bicyclic) bond motifs is 2. The second kappa shape index (κ2) is 7.72. The lowest BCUT2D eigenvalue weighted by molar-refractivity contribution is 0.0945. The van der Waals surface area contributed by atoms with Crippen molar-refractivity contribution >= 4 is 11.5 Å². The van der Waals surface area contributed by atoms with Crippen molar-refractivity contribution in [3.05, 3.63) is 111 Å². The summed E-state index contributed by atoms with van der Waals surface area (Å²) < 4.78 is 6.52. The number of hydrogen-bond donors (Lipinski definition) is 0. The Labute approximate surface area is 198 Å².